The SMILES string of the molecule is N#Cc1c(Cl)cc(Cl)cc1NS(=O)(=O)c1cccnc1. The van der Waals surface area contributed by atoms with Crippen LogP contribution in [0.1, 0.15) is 5.56 Å². The molecule has 0 amide bonds. The van der Waals surface area contributed by atoms with Gasteiger partial charge >= 0.3 is 0 Å². The molecule has 0 atom stereocenters. The first-order chi connectivity index (χ1) is 9.44. The Morgan fingerprint density at radius 1 is 1.30 bits per heavy atom. The number of halogens is 2. The fourth-order valence-corrected chi connectivity index (χ4v) is 3.04. The smallest absolute Gasteiger partial charge is 0.263 e. The van der Waals surface area contributed by atoms with Gasteiger partial charge < -0.3 is 0 Å². The maximum Gasteiger partial charge on any atom is 0.263 e. The topological polar surface area (TPSA) is 82.9 Å². The van der Waals surface area contributed by atoms with Gasteiger partial charge in [0.15, 0.2) is 0 Å². The van der Waals surface area contributed by atoms with Gasteiger partial charge in [-0.05, 0) is 24.3 Å². The summed E-state index contributed by atoms with van der Waals surface area (Å²) in [5.74, 6) is 0. The molecule has 0 saturated carbocycles. The lowest BCUT2D eigenvalue weighted by Gasteiger charge is -2.10. The molecule has 0 bridgehead atoms. The maximum absolute atomic E-state index is 12.1. The maximum atomic E-state index is 12.1. The lowest BCUT2D eigenvalue weighted by Crippen LogP contribution is -2.14. The van der Waals surface area contributed by atoms with Crippen LogP contribution >= 0.6 is 23.2 Å². The van der Waals surface area contributed by atoms with Crippen molar-refractivity contribution in [2.45, 2.75) is 4.90 Å². The summed E-state index contributed by atoms with van der Waals surface area (Å²) in [6, 6.07) is 7.39. The second kappa shape index (κ2) is 5.67. The lowest BCUT2D eigenvalue weighted by atomic mass is 10.2. The highest BCUT2D eigenvalue weighted by atomic mass is 35.5. The zero-order chi connectivity index (χ0) is 14.8. The highest BCUT2D eigenvalue weighted by Crippen LogP contribution is 2.29. The van der Waals surface area contributed by atoms with Gasteiger partial charge in [-0.15, -0.1) is 0 Å². The Balaban J connectivity index is 2.48. The molecule has 2 aromatic rings. The van der Waals surface area contributed by atoms with Gasteiger partial charge in [-0.2, -0.15) is 5.26 Å². The Morgan fingerprint density at radius 3 is 2.65 bits per heavy atom. The van der Waals surface area contributed by atoms with E-state index in [1.54, 1.807) is 0 Å². The number of rotatable bonds is 3. The average molecular weight is 328 g/mol. The van der Waals surface area contributed by atoms with E-state index in [4.69, 9.17) is 28.5 Å². The number of nitriles is 1. The average Bonchev–Trinajstić information content (AvgIpc) is 2.39. The fraction of sp³-hybridized carbons (Fsp3) is 0. The van der Waals surface area contributed by atoms with Crippen LogP contribution in [0, 0.1) is 11.3 Å². The molecule has 0 saturated heterocycles. The monoisotopic (exact) mass is 327 g/mol. The third kappa shape index (κ3) is 3.02. The quantitative estimate of drug-likeness (QED) is 0.939. The molecular weight excluding hydrogens is 321 g/mol. The molecule has 0 aliphatic rings. The van der Waals surface area contributed by atoms with E-state index < -0.39 is 10.0 Å². The number of hydrogen-bond acceptors (Lipinski definition) is 4. The van der Waals surface area contributed by atoms with Crippen LogP contribution in [0.4, 0.5) is 5.69 Å². The molecule has 0 aliphatic carbocycles. The molecule has 0 radical (unpaired) electrons. The van der Waals surface area contributed by atoms with Gasteiger partial charge in [-0.3, -0.25) is 9.71 Å². The van der Waals surface area contributed by atoms with Crippen LogP contribution in [-0.2, 0) is 10.0 Å². The third-order valence-electron chi connectivity index (χ3n) is 2.36. The zero-order valence-corrected chi connectivity index (χ0v) is 12.2. The first-order valence-corrected chi connectivity index (χ1v) is 7.50. The number of aromatic nitrogens is 1. The van der Waals surface area contributed by atoms with Crippen LogP contribution in [0.5, 0.6) is 0 Å². The largest absolute Gasteiger partial charge is 0.278 e. The van der Waals surface area contributed by atoms with E-state index in [-0.39, 0.29) is 26.2 Å². The van der Waals surface area contributed by atoms with Crippen molar-refractivity contribution in [1.82, 2.24) is 4.98 Å². The minimum Gasteiger partial charge on any atom is -0.278 e. The van der Waals surface area contributed by atoms with Crippen molar-refractivity contribution in [3.05, 3.63) is 52.3 Å². The first-order valence-electron chi connectivity index (χ1n) is 5.26. The van der Waals surface area contributed by atoms with Gasteiger partial charge in [0, 0.05) is 17.4 Å². The Labute approximate surface area is 125 Å². The molecule has 1 aromatic heterocycles. The molecule has 1 N–H and O–H groups in total. The molecule has 102 valence electrons. The molecule has 5 nitrogen and oxygen atoms in total. The van der Waals surface area contributed by atoms with Crippen molar-refractivity contribution >= 4 is 38.9 Å². The fourth-order valence-electron chi connectivity index (χ4n) is 1.48. The van der Waals surface area contributed by atoms with Gasteiger partial charge in [0.2, 0.25) is 0 Å². The van der Waals surface area contributed by atoms with E-state index in [0.717, 1.165) is 0 Å². The van der Waals surface area contributed by atoms with Gasteiger partial charge in [0.05, 0.1) is 16.3 Å². The summed E-state index contributed by atoms with van der Waals surface area (Å²) in [5, 5.41) is 9.33. The number of pyridine rings is 1. The first kappa shape index (κ1) is 14.6. The summed E-state index contributed by atoms with van der Waals surface area (Å²) < 4.78 is 26.6. The van der Waals surface area contributed by atoms with E-state index in [9.17, 15) is 8.42 Å². The molecule has 1 aromatic carbocycles. The summed E-state index contributed by atoms with van der Waals surface area (Å²) in [6.07, 6.45) is 2.65. The molecule has 0 aliphatic heterocycles. The molecule has 0 spiro atoms. The highest BCUT2D eigenvalue weighted by Gasteiger charge is 2.18. The number of nitrogens with zero attached hydrogens (tertiary/aromatic N) is 2. The van der Waals surface area contributed by atoms with Gasteiger partial charge in [0.1, 0.15) is 11.0 Å². The van der Waals surface area contributed by atoms with Crippen molar-refractivity contribution in [2.24, 2.45) is 0 Å². The predicted octanol–water partition coefficient (Wildman–Crippen LogP) is 3.06. The predicted molar refractivity (Wildman–Crippen MR) is 76.2 cm³/mol. The number of nitrogens with one attached hydrogen (secondary N) is 1. The Hall–Kier alpha value is -1.81. The van der Waals surface area contributed by atoms with Crippen LogP contribution in [0.2, 0.25) is 10.0 Å². The summed E-state index contributed by atoms with van der Waals surface area (Å²) >= 11 is 11.7. The molecule has 8 heteroatoms. The van der Waals surface area contributed by atoms with Crippen LogP contribution < -0.4 is 4.72 Å². The normalized spacial score (nSPS) is 10.8. The standard InChI is InChI=1S/C12H7Cl2N3O2S/c13-8-4-11(14)10(6-15)12(5-8)17-20(18,19)9-2-1-3-16-7-9/h1-5,7,17H. The molecule has 1 heterocycles. The molecule has 2 rings (SSSR count). The minimum atomic E-state index is -3.86. The Morgan fingerprint density at radius 2 is 2.05 bits per heavy atom. The van der Waals surface area contributed by atoms with E-state index in [1.807, 2.05) is 6.07 Å². The van der Waals surface area contributed by atoms with E-state index in [0.29, 0.717) is 0 Å². The number of sulfonamides is 1. The summed E-state index contributed by atoms with van der Waals surface area (Å²) in [5.41, 5.74) is 0.0254. The second-order valence-electron chi connectivity index (χ2n) is 3.72. The summed E-state index contributed by atoms with van der Waals surface area (Å²) in [6.45, 7) is 0. The molecule has 20 heavy (non-hydrogen) atoms. The Kier molecular flexibility index (Phi) is 4.14. The van der Waals surface area contributed by atoms with Crippen LogP contribution in [0.3, 0.4) is 0 Å². The van der Waals surface area contributed by atoms with Crippen molar-refractivity contribution in [3.8, 4) is 6.07 Å². The summed E-state index contributed by atoms with van der Waals surface area (Å²) in [7, 11) is -3.86. The van der Waals surface area contributed by atoms with Crippen LogP contribution in [-0.4, -0.2) is 13.4 Å². The molecular formula is C12H7Cl2N3O2S. The Bertz CT molecular complexity index is 786. The van der Waals surface area contributed by atoms with Crippen molar-refractivity contribution in [1.29, 1.82) is 5.26 Å². The van der Waals surface area contributed by atoms with Crippen LogP contribution in [0.15, 0.2) is 41.6 Å². The number of hydrogen-bond donors (Lipinski definition) is 1. The van der Waals surface area contributed by atoms with Crippen molar-refractivity contribution < 1.29 is 8.42 Å². The van der Waals surface area contributed by atoms with Gasteiger partial charge in [0.25, 0.3) is 10.0 Å². The molecule has 0 fully saturated rings. The number of anilines is 1. The van der Waals surface area contributed by atoms with Crippen LogP contribution in [0.25, 0.3) is 0 Å². The third-order valence-corrected chi connectivity index (χ3v) is 4.22. The lowest BCUT2D eigenvalue weighted by molar-refractivity contribution is 0.601. The number of benzene rings is 1. The second-order valence-corrected chi connectivity index (χ2v) is 6.24. The van der Waals surface area contributed by atoms with E-state index in [1.165, 1.54) is 36.7 Å². The summed E-state index contributed by atoms with van der Waals surface area (Å²) in [4.78, 5) is 3.71. The van der Waals surface area contributed by atoms with E-state index in [2.05, 4.69) is 9.71 Å². The molecule has 0 unspecified atom stereocenters. The van der Waals surface area contributed by atoms with Gasteiger partial charge in [-0.25, -0.2) is 8.42 Å². The van der Waals surface area contributed by atoms with Crippen molar-refractivity contribution in [2.75, 3.05) is 4.72 Å². The highest BCUT2D eigenvalue weighted by molar-refractivity contribution is 7.92. The minimum absolute atomic E-state index is 0.00327. The van der Waals surface area contributed by atoms with E-state index >= 15 is 0 Å². The van der Waals surface area contributed by atoms with Gasteiger partial charge in [-0.1, -0.05) is 23.2 Å². The zero-order valence-electron chi connectivity index (χ0n) is 9.84. The van der Waals surface area contributed by atoms with Crippen molar-refractivity contribution in [3.63, 3.8) is 0 Å².